The Morgan fingerprint density at radius 2 is 1.71 bits per heavy atom. The first-order valence-electron chi connectivity index (χ1n) is 11.2. The van der Waals surface area contributed by atoms with Crippen LogP contribution in [-0.4, -0.2) is 49.7 Å². The summed E-state index contributed by atoms with van der Waals surface area (Å²) >= 11 is 0. The van der Waals surface area contributed by atoms with Crippen LogP contribution >= 0.6 is 0 Å². The molecule has 2 N–H and O–H groups in total. The summed E-state index contributed by atoms with van der Waals surface area (Å²) in [5, 5.41) is 5.56. The number of benzene rings is 2. The molecule has 3 rings (SSSR count). The van der Waals surface area contributed by atoms with Crippen molar-refractivity contribution in [2.45, 2.75) is 56.3 Å². The zero-order valence-corrected chi connectivity index (χ0v) is 20.2. The van der Waals surface area contributed by atoms with Gasteiger partial charge in [0.15, 0.2) is 0 Å². The number of aryl methyl sites for hydroxylation is 1. The van der Waals surface area contributed by atoms with Crippen molar-refractivity contribution in [3.63, 3.8) is 0 Å². The summed E-state index contributed by atoms with van der Waals surface area (Å²) in [6.45, 7) is 3.48. The van der Waals surface area contributed by atoms with E-state index >= 15 is 0 Å². The fourth-order valence-electron chi connectivity index (χ4n) is 4.04. The highest BCUT2D eigenvalue weighted by atomic mass is 32.2. The second-order valence-corrected chi connectivity index (χ2v) is 10.6. The van der Waals surface area contributed by atoms with Crippen LogP contribution in [0.1, 0.15) is 36.5 Å². The van der Waals surface area contributed by atoms with Gasteiger partial charge in [-0.3, -0.25) is 9.59 Å². The third kappa shape index (κ3) is 7.04. The van der Waals surface area contributed by atoms with E-state index in [1.54, 1.807) is 0 Å². The van der Waals surface area contributed by atoms with Crippen LogP contribution in [0.25, 0.3) is 0 Å². The molecule has 0 radical (unpaired) electrons. The number of sulfonamides is 1. The van der Waals surface area contributed by atoms with Crippen molar-refractivity contribution in [1.82, 2.24) is 14.9 Å². The second kappa shape index (κ2) is 10.8. The summed E-state index contributed by atoms with van der Waals surface area (Å²) in [5.74, 6) is -0.694. The lowest BCUT2D eigenvalue weighted by atomic mass is 10.0. The average Bonchev–Trinajstić information content (AvgIpc) is 2.78. The van der Waals surface area contributed by atoms with E-state index in [4.69, 9.17) is 0 Å². The number of rotatable bonds is 7. The molecule has 11 heteroatoms. The molecule has 2 amide bonds. The van der Waals surface area contributed by atoms with Crippen LogP contribution in [0.2, 0.25) is 0 Å². The third-order valence-corrected chi connectivity index (χ3v) is 7.75. The van der Waals surface area contributed by atoms with Crippen LogP contribution in [0.3, 0.4) is 0 Å². The molecule has 1 saturated heterocycles. The molecule has 2 aromatic rings. The Balaban J connectivity index is 1.60. The lowest BCUT2D eigenvalue weighted by Crippen LogP contribution is -2.53. The first-order valence-corrected chi connectivity index (χ1v) is 12.6. The zero-order valence-electron chi connectivity index (χ0n) is 19.4. The SMILES string of the molecule is CC(=O)NC(Cc1cccc(C)c1)C(=O)NC1CCN(S(=O)(=O)c2ccc(C(F)(F)F)cc2)CC1. The van der Waals surface area contributed by atoms with E-state index in [0.29, 0.717) is 19.3 Å². The number of nitrogens with zero attached hydrogens (tertiary/aromatic N) is 1. The lowest BCUT2D eigenvalue weighted by molar-refractivity contribution is -0.137. The monoisotopic (exact) mass is 511 g/mol. The van der Waals surface area contributed by atoms with Gasteiger partial charge in [0.25, 0.3) is 0 Å². The molecule has 7 nitrogen and oxygen atoms in total. The highest BCUT2D eigenvalue weighted by molar-refractivity contribution is 7.89. The highest BCUT2D eigenvalue weighted by Gasteiger charge is 2.33. The minimum absolute atomic E-state index is 0.108. The zero-order chi connectivity index (χ0) is 25.8. The van der Waals surface area contributed by atoms with Crippen LogP contribution in [0.15, 0.2) is 53.4 Å². The Bertz CT molecular complexity index is 1160. The fourth-order valence-corrected chi connectivity index (χ4v) is 5.51. The fraction of sp³-hybridized carbons (Fsp3) is 0.417. The molecule has 1 heterocycles. The van der Waals surface area contributed by atoms with Gasteiger partial charge >= 0.3 is 6.18 Å². The molecule has 0 spiro atoms. The second-order valence-electron chi connectivity index (χ2n) is 8.66. The van der Waals surface area contributed by atoms with E-state index in [1.165, 1.54) is 11.2 Å². The Labute approximate surface area is 202 Å². The van der Waals surface area contributed by atoms with E-state index < -0.39 is 27.8 Å². The number of carbonyl (C=O) groups excluding carboxylic acids is 2. The van der Waals surface area contributed by atoms with Gasteiger partial charge in [-0.05, 0) is 49.6 Å². The smallest absolute Gasteiger partial charge is 0.351 e. The minimum Gasteiger partial charge on any atom is -0.351 e. The molecular weight excluding hydrogens is 483 g/mol. The van der Waals surface area contributed by atoms with Crippen molar-refractivity contribution in [1.29, 1.82) is 0 Å². The van der Waals surface area contributed by atoms with E-state index in [0.717, 1.165) is 35.4 Å². The first kappa shape index (κ1) is 26.7. The predicted octanol–water partition coefficient (Wildman–Crippen LogP) is 3.03. The number of carbonyl (C=O) groups is 2. The Morgan fingerprint density at radius 1 is 1.09 bits per heavy atom. The Morgan fingerprint density at radius 3 is 2.26 bits per heavy atom. The maximum absolute atomic E-state index is 12.9. The van der Waals surface area contributed by atoms with Crippen LogP contribution < -0.4 is 10.6 Å². The largest absolute Gasteiger partial charge is 0.416 e. The van der Waals surface area contributed by atoms with Gasteiger partial charge < -0.3 is 10.6 Å². The van der Waals surface area contributed by atoms with Gasteiger partial charge in [-0.25, -0.2) is 8.42 Å². The van der Waals surface area contributed by atoms with Gasteiger partial charge in [-0.15, -0.1) is 0 Å². The van der Waals surface area contributed by atoms with Crippen molar-refractivity contribution in [3.05, 3.63) is 65.2 Å². The predicted molar refractivity (Wildman–Crippen MR) is 124 cm³/mol. The highest BCUT2D eigenvalue weighted by Crippen LogP contribution is 2.30. The lowest BCUT2D eigenvalue weighted by Gasteiger charge is -2.32. The van der Waals surface area contributed by atoms with Gasteiger partial charge in [0.1, 0.15) is 6.04 Å². The van der Waals surface area contributed by atoms with E-state index in [1.807, 2.05) is 31.2 Å². The number of halogens is 3. The van der Waals surface area contributed by atoms with Crippen LogP contribution in [0.5, 0.6) is 0 Å². The number of amides is 2. The molecule has 35 heavy (non-hydrogen) atoms. The number of nitrogens with one attached hydrogen (secondary N) is 2. The van der Waals surface area contributed by atoms with Crippen LogP contribution in [0.4, 0.5) is 13.2 Å². The summed E-state index contributed by atoms with van der Waals surface area (Å²) in [6.07, 6.45) is -3.56. The van der Waals surface area contributed by atoms with E-state index in [-0.39, 0.29) is 35.8 Å². The van der Waals surface area contributed by atoms with Gasteiger partial charge in [0.2, 0.25) is 21.8 Å². The molecule has 0 saturated carbocycles. The Hall–Kier alpha value is -2.92. The molecular formula is C24H28F3N3O4S. The van der Waals surface area contributed by atoms with Gasteiger partial charge in [-0.1, -0.05) is 29.8 Å². The maximum Gasteiger partial charge on any atom is 0.416 e. The summed E-state index contributed by atoms with van der Waals surface area (Å²) < 4.78 is 65.2. The molecule has 1 unspecified atom stereocenters. The average molecular weight is 512 g/mol. The van der Waals surface area contributed by atoms with E-state index in [9.17, 15) is 31.2 Å². The molecule has 190 valence electrons. The number of hydrogen-bond donors (Lipinski definition) is 2. The van der Waals surface area contributed by atoms with Gasteiger partial charge in [0.05, 0.1) is 10.5 Å². The topological polar surface area (TPSA) is 95.6 Å². The normalized spacial score (nSPS) is 16.5. The van der Waals surface area contributed by atoms with E-state index in [2.05, 4.69) is 10.6 Å². The molecule has 1 aliphatic rings. The van der Waals surface area contributed by atoms with Crippen molar-refractivity contribution in [3.8, 4) is 0 Å². The quantitative estimate of drug-likeness (QED) is 0.598. The maximum atomic E-state index is 12.9. The van der Waals surface area contributed by atoms with Gasteiger partial charge in [-0.2, -0.15) is 17.5 Å². The van der Waals surface area contributed by atoms with Crippen LogP contribution in [-0.2, 0) is 32.2 Å². The number of piperidine rings is 1. The van der Waals surface area contributed by atoms with Crippen molar-refractivity contribution >= 4 is 21.8 Å². The summed E-state index contributed by atoms with van der Waals surface area (Å²) in [4.78, 5) is 24.3. The standard InChI is InChI=1S/C24H28F3N3O4S/c1-16-4-3-5-18(14-16)15-22(28-17(2)31)23(32)29-20-10-12-30(13-11-20)35(33,34)21-8-6-19(7-9-21)24(25,26)27/h3-9,14,20,22H,10-13,15H2,1-2H3,(H,28,31)(H,29,32). The summed E-state index contributed by atoms with van der Waals surface area (Å²) in [7, 11) is -3.96. The number of alkyl halides is 3. The molecule has 1 atom stereocenters. The van der Waals surface area contributed by atoms with Gasteiger partial charge in [0, 0.05) is 32.5 Å². The Kier molecular flexibility index (Phi) is 8.22. The van der Waals surface area contributed by atoms with Crippen molar-refractivity contribution in [2.75, 3.05) is 13.1 Å². The first-order chi connectivity index (χ1) is 16.4. The minimum atomic E-state index is -4.55. The summed E-state index contributed by atoms with van der Waals surface area (Å²) in [5.41, 5.74) is 1.01. The molecule has 2 aromatic carbocycles. The third-order valence-electron chi connectivity index (χ3n) is 5.84. The molecule has 0 aliphatic carbocycles. The van der Waals surface area contributed by atoms with Crippen molar-refractivity contribution in [2.24, 2.45) is 0 Å². The van der Waals surface area contributed by atoms with Crippen LogP contribution in [0, 0.1) is 6.92 Å². The molecule has 1 fully saturated rings. The molecule has 1 aliphatic heterocycles. The summed E-state index contributed by atoms with van der Waals surface area (Å²) in [6, 6.07) is 9.95. The molecule has 0 bridgehead atoms. The van der Waals surface area contributed by atoms with Crippen molar-refractivity contribution < 1.29 is 31.2 Å². The number of hydrogen-bond acceptors (Lipinski definition) is 4. The molecule has 0 aromatic heterocycles.